The van der Waals surface area contributed by atoms with Crippen molar-refractivity contribution < 1.29 is 46.5 Å². The average Bonchev–Trinajstić information content (AvgIpc) is 3.44. The van der Waals surface area contributed by atoms with Crippen molar-refractivity contribution in [3.05, 3.63) is 66.4 Å². The number of hydrogen-bond donors (Lipinski definition) is 3. The maximum absolute atomic E-state index is 15.3. The number of aromatic nitrogens is 5. The zero-order valence-corrected chi connectivity index (χ0v) is 24.5. The number of halogens is 4. The molecule has 2 aliphatic heterocycles. The number of pyridine rings is 1. The number of esters is 2. The lowest BCUT2D eigenvalue weighted by molar-refractivity contribution is -0.402. The molecule has 1 saturated heterocycles. The summed E-state index contributed by atoms with van der Waals surface area (Å²) in [6.45, 7) is -0.398. The van der Waals surface area contributed by atoms with Crippen molar-refractivity contribution in [2.45, 2.75) is 36.8 Å². The molecule has 6 rings (SSSR count). The van der Waals surface area contributed by atoms with Crippen LogP contribution in [-0.4, -0.2) is 79.2 Å². The Hall–Kier alpha value is -5.36. The number of rotatable bonds is 6. The number of carbonyl (C=O) groups excluding carboxylic acids is 2. The summed E-state index contributed by atoms with van der Waals surface area (Å²) in [5.41, 5.74) is 11.1. The molecule has 0 saturated carbocycles. The van der Waals surface area contributed by atoms with Gasteiger partial charge in [0.1, 0.15) is 23.2 Å². The molecule has 1 aromatic carbocycles. The van der Waals surface area contributed by atoms with Crippen LogP contribution in [0.2, 0.25) is 0 Å². The highest BCUT2D eigenvalue weighted by Crippen LogP contribution is 2.44. The topological polar surface area (TPSA) is 194 Å². The lowest BCUT2D eigenvalue weighted by atomic mass is 9.80. The molecule has 2 atom stereocenters. The number of imidazole rings is 1. The van der Waals surface area contributed by atoms with E-state index in [9.17, 15) is 19.1 Å². The number of nitrogen functional groups attached to an aromatic ring is 1. The normalized spacial score (nSPS) is 23.5. The molecule has 246 valence electrons. The third-order valence-electron chi connectivity index (χ3n) is 8.02. The summed E-state index contributed by atoms with van der Waals surface area (Å²) in [4.78, 5) is 42.3. The van der Waals surface area contributed by atoms with Gasteiger partial charge in [0.05, 0.1) is 37.6 Å². The van der Waals surface area contributed by atoms with Crippen molar-refractivity contribution in [3.63, 3.8) is 0 Å². The van der Waals surface area contributed by atoms with Crippen LogP contribution >= 0.6 is 0 Å². The van der Waals surface area contributed by atoms with E-state index in [0.29, 0.717) is 28.9 Å². The number of ether oxygens (including phenoxy) is 3. The molecular formula is C29H26F4N8O6. The van der Waals surface area contributed by atoms with E-state index in [2.05, 4.69) is 24.7 Å². The van der Waals surface area contributed by atoms with E-state index in [1.54, 1.807) is 4.57 Å². The first kappa shape index (κ1) is 31.6. The van der Waals surface area contributed by atoms with Crippen molar-refractivity contribution in [2.24, 2.45) is 5.73 Å². The second kappa shape index (κ2) is 11.5. The molecule has 18 heteroatoms. The molecular weight excluding hydrogens is 632 g/mol. The number of benzene rings is 1. The van der Waals surface area contributed by atoms with E-state index in [0.717, 1.165) is 12.1 Å². The molecule has 4 aromatic rings. The zero-order valence-electron chi connectivity index (χ0n) is 24.5. The summed E-state index contributed by atoms with van der Waals surface area (Å²) in [6, 6.07) is 3.24. The van der Waals surface area contributed by atoms with Crippen molar-refractivity contribution in [1.29, 1.82) is 0 Å². The van der Waals surface area contributed by atoms with Crippen LogP contribution in [0.1, 0.15) is 18.4 Å². The van der Waals surface area contributed by atoms with Gasteiger partial charge < -0.3 is 40.3 Å². The van der Waals surface area contributed by atoms with Crippen LogP contribution in [0, 0.1) is 11.6 Å². The first-order valence-corrected chi connectivity index (χ1v) is 14.0. The lowest BCUT2D eigenvalue weighted by Gasteiger charge is -2.50. The molecule has 0 spiro atoms. The Morgan fingerprint density at radius 3 is 2.53 bits per heavy atom. The van der Waals surface area contributed by atoms with Crippen LogP contribution < -0.4 is 21.1 Å². The van der Waals surface area contributed by atoms with Crippen molar-refractivity contribution in [3.8, 4) is 17.0 Å². The van der Waals surface area contributed by atoms with E-state index in [1.165, 1.54) is 36.9 Å². The van der Waals surface area contributed by atoms with Crippen LogP contribution in [0.15, 0.2) is 49.2 Å². The lowest BCUT2D eigenvalue weighted by Crippen LogP contribution is -2.76. The predicted molar refractivity (Wildman–Crippen MR) is 155 cm³/mol. The number of hydrogen-bond acceptors (Lipinski definition) is 13. The summed E-state index contributed by atoms with van der Waals surface area (Å²) in [5, 5.41) is 11.3. The molecule has 0 unspecified atom stereocenters. The molecule has 47 heavy (non-hydrogen) atoms. The predicted octanol–water partition coefficient (Wildman–Crippen LogP) is 2.04. The van der Waals surface area contributed by atoms with Gasteiger partial charge in [-0.05, 0) is 30.5 Å². The Kier molecular flexibility index (Phi) is 7.71. The van der Waals surface area contributed by atoms with Gasteiger partial charge >= 0.3 is 23.8 Å². The highest BCUT2D eigenvalue weighted by molar-refractivity contribution is 5.92. The van der Waals surface area contributed by atoms with E-state index in [1.807, 2.05) is 0 Å². The van der Waals surface area contributed by atoms with E-state index in [4.69, 9.17) is 20.9 Å². The highest BCUT2D eigenvalue weighted by atomic mass is 19.3. The van der Waals surface area contributed by atoms with Crippen LogP contribution in [0.5, 0.6) is 5.75 Å². The van der Waals surface area contributed by atoms with E-state index in [-0.39, 0.29) is 54.4 Å². The Morgan fingerprint density at radius 1 is 1.04 bits per heavy atom. The number of carbonyl (C=O) groups is 2. The minimum atomic E-state index is -4.75. The number of piperidine rings is 1. The van der Waals surface area contributed by atoms with Gasteiger partial charge in [0.15, 0.2) is 23.0 Å². The number of nitrogens with zero attached hydrogens (tertiary/aromatic N) is 6. The Balaban J connectivity index is 1.44. The number of alkyl halides is 2. The summed E-state index contributed by atoms with van der Waals surface area (Å²) in [7, 11) is 1.19. The monoisotopic (exact) mass is 658 g/mol. The van der Waals surface area contributed by atoms with Gasteiger partial charge in [-0.2, -0.15) is 8.78 Å². The van der Waals surface area contributed by atoms with Crippen LogP contribution in [0.3, 0.4) is 0 Å². The minimum Gasteiger partial charge on any atom is -0.494 e. The SMILES string of the molecule is COc1cc(F)c(-c2cc(Cn3cnc4c(N)ncnc43)c(N3CCC[C@](N)([C@]4(O)OC(=O)/C=C/C(=O)OC4(F)F)C3)cn2)cc1F. The number of methoxy groups -OCH3 is 1. The number of anilines is 2. The fourth-order valence-corrected chi connectivity index (χ4v) is 5.69. The number of nitrogens with two attached hydrogens (primary N) is 2. The molecule has 5 N–H and O–H groups in total. The summed E-state index contributed by atoms with van der Waals surface area (Å²) in [6.07, 6.45) is -0.0283. The Bertz CT molecular complexity index is 1940. The minimum absolute atomic E-state index is 0.00944. The standard InChI is InChI=1S/C29H26F4N8O6/c1-45-21-9-17(30)16(8-18(21)31)19-7-15(11-41-14-39-24-25(34)37-13-38-26(24)41)20(10-36-19)40-6-2-5-27(35,12-40)28(44)29(32,33)47-23(43)4-3-22(42)46-28/h3-4,7-10,13-14,44H,2,5-6,11-12,35H2,1H3,(H2,34,37,38)/b4-3+/t27-,28+/m1/s1. The molecule has 0 amide bonds. The fourth-order valence-electron chi connectivity index (χ4n) is 5.69. The Labute approximate surface area is 262 Å². The molecule has 0 aliphatic carbocycles. The zero-order chi connectivity index (χ0) is 33.7. The summed E-state index contributed by atoms with van der Waals surface area (Å²) in [5.74, 6) is -8.70. The smallest absolute Gasteiger partial charge is 0.470 e. The fraction of sp³-hybridized carbons (Fsp3) is 0.310. The molecule has 0 radical (unpaired) electrons. The first-order valence-electron chi connectivity index (χ1n) is 14.0. The van der Waals surface area contributed by atoms with E-state index < -0.39 is 47.6 Å². The average molecular weight is 659 g/mol. The third kappa shape index (κ3) is 5.44. The molecule has 0 bridgehead atoms. The highest BCUT2D eigenvalue weighted by Gasteiger charge is 2.71. The molecule has 2 aliphatic rings. The quantitative estimate of drug-likeness (QED) is 0.201. The van der Waals surface area contributed by atoms with Gasteiger partial charge in [0.2, 0.25) is 0 Å². The molecule has 5 heterocycles. The van der Waals surface area contributed by atoms with Gasteiger partial charge in [-0.1, -0.05) is 0 Å². The third-order valence-corrected chi connectivity index (χ3v) is 8.02. The van der Waals surface area contributed by atoms with Gasteiger partial charge in [0.25, 0.3) is 0 Å². The Morgan fingerprint density at radius 2 is 1.79 bits per heavy atom. The van der Waals surface area contributed by atoms with Crippen molar-refractivity contribution in [2.75, 3.05) is 30.8 Å². The van der Waals surface area contributed by atoms with Crippen LogP contribution in [0.4, 0.5) is 29.1 Å². The first-order chi connectivity index (χ1) is 22.2. The maximum Gasteiger partial charge on any atom is 0.470 e. The maximum atomic E-state index is 15.3. The largest absolute Gasteiger partial charge is 0.494 e. The van der Waals surface area contributed by atoms with E-state index >= 15 is 13.2 Å². The summed E-state index contributed by atoms with van der Waals surface area (Å²) >= 11 is 0. The van der Waals surface area contributed by atoms with Gasteiger partial charge in [-0.3, -0.25) is 4.98 Å². The van der Waals surface area contributed by atoms with Crippen LogP contribution in [-0.2, 0) is 25.6 Å². The van der Waals surface area contributed by atoms with Gasteiger partial charge in [-0.25, -0.2) is 33.3 Å². The molecule has 1 fully saturated rings. The van der Waals surface area contributed by atoms with Gasteiger partial charge in [0, 0.05) is 36.9 Å². The number of cyclic esters (lactones) is 2. The number of aliphatic hydroxyl groups is 1. The molecule has 3 aromatic heterocycles. The van der Waals surface area contributed by atoms with Crippen LogP contribution in [0.25, 0.3) is 22.4 Å². The second-order valence-corrected chi connectivity index (χ2v) is 11.0. The summed E-state index contributed by atoms with van der Waals surface area (Å²) < 4.78 is 75.8. The second-order valence-electron chi connectivity index (χ2n) is 11.0. The number of fused-ring (bicyclic) bond motifs is 1. The molecule has 14 nitrogen and oxygen atoms in total. The van der Waals surface area contributed by atoms with Crippen molar-refractivity contribution >= 4 is 34.6 Å². The van der Waals surface area contributed by atoms with Gasteiger partial charge in [-0.15, -0.1) is 0 Å². The van der Waals surface area contributed by atoms with Crippen molar-refractivity contribution in [1.82, 2.24) is 24.5 Å².